The Kier molecular flexibility index (Phi) is 7.53. The van der Waals surface area contributed by atoms with E-state index in [1.54, 1.807) is 11.1 Å². The average molecular weight is 532 g/mol. The highest BCUT2D eigenvalue weighted by atomic mass is 16.6. The van der Waals surface area contributed by atoms with Crippen LogP contribution in [0.3, 0.4) is 0 Å². The molecule has 0 saturated carbocycles. The van der Waals surface area contributed by atoms with E-state index < -0.39 is 5.60 Å². The molecule has 0 spiro atoms. The smallest absolute Gasteiger partial charge is 0.410 e. The zero-order valence-corrected chi connectivity index (χ0v) is 23.8. The van der Waals surface area contributed by atoms with Gasteiger partial charge in [-0.1, -0.05) is 0 Å². The number of nitrogens with zero attached hydrogens (tertiary/aromatic N) is 6. The number of ether oxygens (including phenoxy) is 1. The SMILES string of the molecule is C[C@@H]1CN(c2ccc(N)c3ncccc23)C[C@H](C)N1Cc1ccc(N2CCN(C(=O)OC(C)(C)C)CC2)cn1. The lowest BCUT2D eigenvalue weighted by Crippen LogP contribution is -2.56. The molecule has 208 valence electrons. The van der Waals surface area contributed by atoms with Gasteiger partial charge in [0.05, 0.1) is 28.8 Å². The Balaban J connectivity index is 1.19. The molecule has 2 atom stereocenters. The maximum Gasteiger partial charge on any atom is 0.410 e. The van der Waals surface area contributed by atoms with Crippen molar-refractivity contribution in [1.82, 2.24) is 19.8 Å². The molecule has 1 amide bonds. The number of hydrogen-bond acceptors (Lipinski definition) is 8. The van der Waals surface area contributed by atoms with Crippen LogP contribution in [-0.2, 0) is 11.3 Å². The molecule has 2 saturated heterocycles. The number of carbonyl (C=O) groups excluding carboxylic acids is 1. The molecule has 4 heterocycles. The van der Waals surface area contributed by atoms with E-state index in [1.807, 2.05) is 39.1 Å². The number of nitrogen functional groups attached to an aromatic ring is 1. The highest BCUT2D eigenvalue weighted by Crippen LogP contribution is 2.32. The first-order valence-corrected chi connectivity index (χ1v) is 13.9. The van der Waals surface area contributed by atoms with E-state index in [0.29, 0.717) is 30.9 Å². The first-order valence-electron chi connectivity index (χ1n) is 13.9. The standard InChI is InChI=1S/C30H41N7O2/c1-21-18-36(27-11-10-26(31)28-25(27)7-6-12-32-28)19-22(2)37(21)20-23-8-9-24(17-33-23)34-13-15-35(16-14-34)29(38)39-30(3,4)5/h6-12,17,21-22H,13-16,18-20,31H2,1-5H3/t21-,22+. The van der Waals surface area contributed by atoms with E-state index in [4.69, 9.17) is 15.5 Å². The number of pyridine rings is 2. The lowest BCUT2D eigenvalue weighted by molar-refractivity contribution is 0.0240. The first kappa shape index (κ1) is 27.0. The zero-order chi connectivity index (χ0) is 27.7. The normalized spacial score (nSPS) is 20.9. The molecule has 0 radical (unpaired) electrons. The van der Waals surface area contributed by atoms with Crippen molar-refractivity contribution >= 4 is 34.1 Å². The minimum atomic E-state index is -0.475. The van der Waals surface area contributed by atoms with Crippen molar-refractivity contribution in [1.29, 1.82) is 0 Å². The maximum atomic E-state index is 12.4. The summed E-state index contributed by atoms with van der Waals surface area (Å²) >= 11 is 0. The molecule has 2 aromatic heterocycles. The second kappa shape index (κ2) is 10.9. The summed E-state index contributed by atoms with van der Waals surface area (Å²) in [5.41, 5.74) is 10.7. The van der Waals surface area contributed by atoms with Crippen LogP contribution in [0.4, 0.5) is 21.9 Å². The van der Waals surface area contributed by atoms with Gasteiger partial charge in [-0.15, -0.1) is 0 Å². The molecule has 2 aliphatic rings. The Bertz CT molecular complexity index is 1290. The molecule has 1 aromatic carbocycles. The van der Waals surface area contributed by atoms with Crippen molar-refractivity contribution in [2.24, 2.45) is 0 Å². The summed E-state index contributed by atoms with van der Waals surface area (Å²) < 4.78 is 5.52. The molecule has 9 heteroatoms. The van der Waals surface area contributed by atoms with Crippen molar-refractivity contribution in [2.45, 2.75) is 58.8 Å². The van der Waals surface area contributed by atoms with Crippen LogP contribution >= 0.6 is 0 Å². The number of nitrogens with two attached hydrogens (primary N) is 1. The minimum Gasteiger partial charge on any atom is -0.444 e. The van der Waals surface area contributed by atoms with Gasteiger partial charge in [0, 0.05) is 75.2 Å². The van der Waals surface area contributed by atoms with Crippen molar-refractivity contribution in [2.75, 3.05) is 54.8 Å². The number of aromatic nitrogens is 2. The molecule has 2 fully saturated rings. The van der Waals surface area contributed by atoms with E-state index in [0.717, 1.165) is 55.0 Å². The highest BCUT2D eigenvalue weighted by Gasteiger charge is 2.31. The van der Waals surface area contributed by atoms with Gasteiger partial charge in [0.15, 0.2) is 0 Å². The van der Waals surface area contributed by atoms with E-state index in [9.17, 15) is 4.79 Å². The minimum absolute atomic E-state index is 0.236. The Labute approximate surface area is 231 Å². The van der Waals surface area contributed by atoms with Crippen molar-refractivity contribution in [3.63, 3.8) is 0 Å². The van der Waals surface area contributed by atoms with Gasteiger partial charge in [-0.3, -0.25) is 14.9 Å². The predicted molar refractivity (Wildman–Crippen MR) is 157 cm³/mol. The Morgan fingerprint density at radius 2 is 1.69 bits per heavy atom. The second-order valence-electron chi connectivity index (χ2n) is 11.8. The zero-order valence-electron chi connectivity index (χ0n) is 23.8. The Hall–Kier alpha value is -3.59. The van der Waals surface area contributed by atoms with Gasteiger partial charge in [0.1, 0.15) is 5.60 Å². The largest absolute Gasteiger partial charge is 0.444 e. The summed E-state index contributed by atoms with van der Waals surface area (Å²) in [6.45, 7) is 15.8. The highest BCUT2D eigenvalue weighted by molar-refractivity contribution is 5.98. The first-order chi connectivity index (χ1) is 18.6. The number of carbonyl (C=O) groups is 1. The summed E-state index contributed by atoms with van der Waals surface area (Å²) in [4.78, 5) is 30.8. The summed E-state index contributed by atoms with van der Waals surface area (Å²) in [5, 5.41) is 1.11. The maximum absolute atomic E-state index is 12.4. The van der Waals surface area contributed by atoms with Gasteiger partial charge in [0.2, 0.25) is 0 Å². The number of hydrogen-bond donors (Lipinski definition) is 1. The van der Waals surface area contributed by atoms with Crippen LogP contribution in [0.25, 0.3) is 10.9 Å². The van der Waals surface area contributed by atoms with E-state index in [-0.39, 0.29) is 6.09 Å². The monoisotopic (exact) mass is 531 g/mol. The molecule has 3 aromatic rings. The summed E-state index contributed by atoms with van der Waals surface area (Å²) in [7, 11) is 0. The van der Waals surface area contributed by atoms with Gasteiger partial charge >= 0.3 is 6.09 Å². The number of fused-ring (bicyclic) bond motifs is 1. The molecule has 2 aliphatic heterocycles. The third kappa shape index (κ3) is 6.03. The van der Waals surface area contributed by atoms with Crippen molar-refractivity contribution in [3.05, 3.63) is 54.5 Å². The molecule has 9 nitrogen and oxygen atoms in total. The van der Waals surface area contributed by atoms with Crippen LogP contribution in [0.2, 0.25) is 0 Å². The summed E-state index contributed by atoms with van der Waals surface area (Å²) in [5.74, 6) is 0. The molecule has 0 bridgehead atoms. The molecular formula is C30H41N7O2. The molecule has 0 unspecified atom stereocenters. The third-order valence-corrected chi connectivity index (χ3v) is 7.67. The number of rotatable bonds is 4. The average Bonchev–Trinajstić information content (AvgIpc) is 2.90. The fraction of sp³-hybridized carbons (Fsp3) is 0.500. The molecule has 5 rings (SSSR count). The van der Waals surface area contributed by atoms with E-state index >= 15 is 0 Å². The summed E-state index contributed by atoms with van der Waals surface area (Å²) in [6.07, 6.45) is 3.53. The number of amides is 1. The topological polar surface area (TPSA) is 91.1 Å². The van der Waals surface area contributed by atoms with Crippen molar-refractivity contribution < 1.29 is 9.53 Å². The molecule has 39 heavy (non-hydrogen) atoms. The van der Waals surface area contributed by atoms with Crippen LogP contribution in [0, 0.1) is 0 Å². The summed E-state index contributed by atoms with van der Waals surface area (Å²) in [6, 6.07) is 13.2. The van der Waals surface area contributed by atoms with Gasteiger partial charge in [0.25, 0.3) is 0 Å². The van der Waals surface area contributed by atoms with Crippen LogP contribution in [0.5, 0.6) is 0 Å². The van der Waals surface area contributed by atoms with Gasteiger partial charge in [-0.05, 0) is 71.0 Å². The van der Waals surface area contributed by atoms with E-state index in [1.165, 1.54) is 5.69 Å². The molecule has 0 aliphatic carbocycles. The Morgan fingerprint density at radius 3 is 2.33 bits per heavy atom. The lowest BCUT2D eigenvalue weighted by atomic mass is 10.0. The lowest BCUT2D eigenvalue weighted by Gasteiger charge is -2.45. The third-order valence-electron chi connectivity index (χ3n) is 7.67. The quantitative estimate of drug-likeness (QED) is 0.497. The fourth-order valence-corrected chi connectivity index (χ4v) is 5.68. The van der Waals surface area contributed by atoms with E-state index in [2.05, 4.69) is 57.8 Å². The molecule has 2 N–H and O–H groups in total. The second-order valence-corrected chi connectivity index (χ2v) is 11.8. The van der Waals surface area contributed by atoms with Crippen LogP contribution in [-0.4, -0.2) is 82.8 Å². The number of piperazine rings is 2. The van der Waals surface area contributed by atoms with Gasteiger partial charge in [-0.2, -0.15) is 0 Å². The van der Waals surface area contributed by atoms with Gasteiger partial charge < -0.3 is 25.2 Å². The van der Waals surface area contributed by atoms with Crippen LogP contribution in [0.15, 0.2) is 48.8 Å². The van der Waals surface area contributed by atoms with Crippen LogP contribution in [0.1, 0.15) is 40.3 Å². The van der Waals surface area contributed by atoms with Crippen molar-refractivity contribution in [3.8, 4) is 0 Å². The predicted octanol–water partition coefficient (Wildman–Crippen LogP) is 4.37. The van der Waals surface area contributed by atoms with Crippen LogP contribution < -0.4 is 15.5 Å². The number of anilines is 3. The Morgan fingerprint density at radius 1 is 0.974 bits per heavy atom. The number of benzene rings is 1. The molecular weight excluding hydrogens is 490 g/mol. The van der Waals surface area contributed by atoms with Gasteiger partial charge in [-0.25, -0.2) is 4.79 Å². The fourth-order valence-electron chi connectivity index (χ4n) is 5.68.